The van der Waals surface area contributed by atoms with E-state index >= 15 is 0 Å². The first-order chi connectivity index (χ1) is 12.0. The first-order valence-corrected chi connectivity index (χ1v) is 9.09. The van der Waals surface area contributed by atoms with Crippen molar-refractivity contribution < 1.29 is 14.6 Å². The summed E-state index contributed by atoms with van der Waals surface area (Å²) in [7, 11) is 1.58. The normalized spacial score (nSPS) is 20.6. The minimum atomic E-state index is -0.291. The summed E-state index contributed by atoms with van der Waals surface area (Å²) in [6.07, 6.45) is 5.31. The van der Waals surface area contributed by atoms with Crippen LogP contribution in [0.1, 0.15) is 36.6 Å². The molecule has 7 nitrogen and oxygen atoms in total. The van der Waals surface area contributed by atoms with Crippen molar-refractivity contribution in [2.45, 2.75) is 37.8 Å². The molecule has 1 aliphatic carbocycles. The highest BCUT2D eigenvalue weighted by Crippen LogP contribution is 2.38. The lowest BCUT2D eigenvalue weighted by Gasteiger charge is -2.38. The highest BCUT2D eigenvalue weighted by Gasteiger charge is 2.35. The van der Waals surface area contributed by atoms with Crippen LogP contribution in [-0.4, -0.2) is 34.2 Å². The lowest BCUT2D eigenvalue weighted by Crippen LogP contribution is -2.41. The van der Waals surface area contributed by atoms with Gasteiger partial charge in [-0.2, -0.15) is 0 Å². The molecule has 1 aliphatic rings. The number of aryl methyl sites for hydroxylation is 1. The van der Waals surface area contributed by atoms with Gasteiger partial charge in [0, 0.05) is 18.0 Å². The van der Waals surface area contributed by atoms with Gasteiger partial charge in [0.05, 0.1) is 31.1 Å². The predicted molar refractivity (Wildman–Crippen MR) is 95.3 cm³/mol. The Morgan fingerprint density at radius 3 is 2.96 bits per heavy atom. The predicted octanol–water partition coefficient (Wildman–Crippen LogP) is 1.69. The summed E-state index contributed by atoms with van der Waals surface area (Å²) < 4.78 is 5.23. The van der Waals surface area contributed by atoms with E-state index in [9.17, 15) is 9.90 Å². The average molecular weight is 362 g/mol. The number of rotatable bonds is 7. The molecule has 4 N–H and O–H groups in total. The number of anilines is 1. The molecule has 2 aromatic heterocycles. The number of hydrogen-bond donors (Lipinski definition) is 3. The fourth-order valence-electron chi connectivity index (χ4n) is 3.02. The molecule has 1 atom stereocenters. The lowest BCUT2D eigenvalue weighted by molar-refractivity contribution is -0.123. The van der Waals surface area contributed by atoms with Gasteiger partial charge >= 0.3 is 0 Å². The van der Waals surface area contributed by atoms with E-state index in [2.05, 4.69) is 15.3 Å². The Morgan fingerprint density at radius 1 is 1.52 bits per heavy atom. The number of thiazole rings is 1. The molecule has 0 radical (unpaired) electrons. The van der Waals surface area contributed by atoms with E-state index in [4.69, 9.17) is 10.5 Å². The third-order valence-corrected chi connectivity index (χ3v) is 5.17. The van der Waals surface area contributed by atoms with E-state index in [1.807, 2.05) is 11.4 Å². The molecule has 2 aromatic rings. The number of nitrogens with zero attached hydrogens (tertiary/aromatic N) is 2. The molecule has 0 unspecified atom stereocenters. The maximum Gasteiger partial charge on any atom is 0.220 e. The monoisotopic (exact) mass is 362 g/mol. The van der Waals surface area contributed by atoms with Crippen LogP contribution < -0.4 is 15.8 Å². The molecule has 1 fully saturated rings. The van der Waals surface area contributed by atoms with Gasteiger partial charge in [-0.05, 0) is 36.8 Å². The molecule has 0 spiro atoms. The average Bonchev–Trinajstić information content (AvgIpc) is 3.01. The van der Waals surface area contributed by atoms with Crippen molar-refractivity contribution in [2.75, 3.05) is 12.8 Å². The SMILES string of the molecule is COc1cncc([C@H](NC(=O)CCc2csc(N)n2)C2CC(O)C2)c1. The van der Waals surface area contributed by atoms with Gasteiger partial charge in [0.25, 0.3) is 0 Å². The molecule has 8 heteroatoms. The van der Waals surface area contributed by atoms with Crippen LogP contribution in [0.3, 0.4) is 0 Å². The second kappa shape index (κ2) is 7.79. The fourth-order valence-corrected chi connectivity index (χ4v) is 3.61. The third-order valence-electron chi connectivity index (χ3n) is 4.44. The van der Waals surface area contributed by atoms with E-state index in [1.54, 1.807) is 19.5 Å². The summed E-state index contributed by atoms with van der Waals surface area (Å²) in [6.45, 7) is 0. The van der Waals surface area contributed by atoms with Gasteiger partial charge in [-0.15, -0.1) is 11.3 Å². The van der Waals surface area contributed by atoms with E-state index in [-0.39, 0.29) is 24.0 Å². The molecule has 134 valence electrons. The smallest absolute Gasteiger partial charge is 0.220 e. The standard InChI is InChI=1S/C17H22N4O3S/c1-24-14-6-11(7-19-8-14)16(10-4-13(22)5-10)21-15(23)3-2-12-9-25-17(18)20-12/h6-10,13,16,22H,2-5H2,1H3,(H2,18,20)(H,21,23)/t10?,13?,16-/m1/s1. The van der Waals surface area contributed by atoms with Crippen molar-refractivity contribution in [3.63, 3.8) is 0 Å². The summed E-state index contributed by atoms with van der Waals surface area (Å²) in [5.41, 5.74) is 7.33. The lowest BCUT2D eigenvalue weighted by atomic mass is 9.75. The number of carbonyl (C=O) groups excluding carboxylic acids is 1. The van der Waals surface area contributed by atoms with Gasteiger partial charge in [-0.25, -0.2) is 4.98 Å². The number of aliphatic hydroxyl groups excluding tert-OH is 1. The first-order valence-electron chi connectivity index (χ1n) is 8.21. The highest BCUT2D eigenvalue weighted by atomic mass is 32.1. The van der Waals surface area contributed by atoms with Crippen molar-refractivity contribution in [1.82, 2.24) is 15.3 Å². The number of amides is 1. The van der Waals surface area contributed by atoms with Crippen molar-refractivity contribution >= 4 is 22.4 Å². The Kier molecular flexibility index (Phi) is 5.50. The van der Waals surface area contributed by atoms with Crippen LogP contribution in [0, 0.1) is 5.92 Å². The van der Waals surface area contributed by atoms with E-state index in [0.29, 0.717) is 36.6 Å². The minimum absolute atomic E-state index is 0.0548. The number of pyridine rings is 1. The van der Waals surface area contributed by atoms with Gasteiger partial charge in [0.2, 0.25) is 5.91 Å². The van der Waals surface area contributed by atoms with Crippen LogP contribution in [0.2, 0.25) is 0 Å². The topological polar surface area (TPSA) is 110 Å². The van der Waals surface area contributed by atoms with Crippen molar-refractivity contribution in [3.05, 3.63) is 35.1 Å². The Morgan fingerprint density at radius 2 is 2.32 bits per heavy atom. The van der Waals surface area contributed by atoms with Crippen LogP contribution in [0.25, 0.3) is 0 Å². The maximum atomic E-state index is 12.4. The minimum Gasteiger partial charge on any atom is -0.495 e. The maximum absolute atomic E-state index is 12.4. The summed E-state index contributed by atoms with van der Waals surface area (Å²) in [5.74, 6) is 0.790. The van der Waals surface area contributed by atoms with Gasteiger partial charge in [-0.3, -0.25) is 9.78 Å². The third kappa shape index (κ3) is 4.46. The zero-order valence-corrected chi connectivity index (χ0v) is 14.8. The van der Waals surface area contributed by atoms with Gasteiger partial charge in [-0.1, -0.05) is 0 Å². The highest BCUT2D eigenvalue weighted by molar-refractivity contribution is 7.13. The molecule has 2 heterocycles. The number of nitrogens with one attached hydrogen (secondary N) is 1. The Balaban J connectivity index is 1.65. The second-order valence-electron chi connectivity index (χ2n) is 6.27. The van der Waals surface area contributed by atoms with Gasteiger partial charge in [0.15, 0.2) is 5.13 Å². The first kappa shape index (κ1) is 17.6. The zero-order chi connectivity index (χ0) is 17.8. The zero-order valence-electron chi connectivity index (χ0n) is 14.0. The Labute approximate surface area is 150 Å². The van der Waals surface area contributed by atoms with Crippen molar-refractivity contribution in [3.8, 4) is 5.75 Å². The van der Waals surface area contributed by atoms with E-state index < -0.39 is 0 Å². The number of ether oxygens (including phenoxy) is 1. The molecule has 1 saturated carbocycles. The summed E-state index contributed by atoms with van der Waals surface area (Å²) >= 11 is 1.37. The second-order valence-corrected chi connectivity index (χ2v) is 7.16. The number of nitrogens with two attached hydrogens (primary N) is 1. The molecule has 1 amide bonds. The fraction of sp³-hybridized carbons (Fsp3) is 0.471. The van der Waals surface area contributed by atoms with Gasteiger partial charge < -0.3 is 20.9 Å². The summed E-state index contributed by atoms with van der Waals surface area (Å²) in [5, 5.41) is 15.1. The van der Waals surface area contributed by atoms with Crippen LogP contribution in [0.15, 0.2) is 23.8 Å². The number of aliphatic hydroxyl groups is 1. The van der Waals surface area contributed by atoms with E-state index in [1.165, 1.54) is 11.3 Å². The van der Waals surface area contributed by atoms with Crippen LogP contribution in [0.4, 0.5) is 5.13 Å². The molecule has 0 aliphatic heterocycles. The Bertz CT molecular complexity index is 730. The van der Waals surface area contributed by atoms with Gasteiger partial charge in [0.1, 0.15) is 5.75 Å². The van der Waals surface area contributed by atoms with Crippen molar-refractivity contribution in [1.29, 1.82) is 0 Å². The molecule has 3 rings (SSSR count). The molecule has 0 saturated heterocycles. The molecule has 0 bridgehead atoms. The largest absolute Gasteiger partial charge is 0.495 e. The summed E-state index contributed by atoms with van der Waals surface area (Å²) in [6, 6.07) is 1.70. The number of nitrogen functional groups attached to an aromatic ring is 1. The molecular weight excluding hydrogens is 340 g/mol. The number of aromatic nitrogens is 2. The van der Waals surface area contributed by atoms with Crippen LogP contribution >= 0.6 is 11.3 Å². The summed E-state index contributed by atoms with van der Waals surface area (Å²) in [4.78, 5) is 20.8. The molecular formula is C17H22N4O3S. The van der Waals surface area contributed by atoms with E-state index in [0.717, 1.165) is 11.3 Å². The molecule has 25 heavy (non-hydrogen) atoms. The van der Waals surface area contributed by atoms with Crippen LogP contribution in [-0.2, 0) is 11.2 Å². The number of methoxy groups -OCH3 is 1. The van der Waals surface area contributed by atoms with Crippen molar-refractivity contribution in [2.24, 2.45) is 5.92 Å². The molecule has 0 aromatic carbocycles. The quantitative estimate of drug-likeness (QED) is 0.691. The number of carbonyl (C=O) groups is 1. The Hall–Kier alpha value is -2.19. The van der Waals surface area contributed by atoms with Crippen LogP contribution in [0.5, 0.6) is 5.75 Å². The number of hydrogen-bond acceptors (Lipinski definition) is 7.